The van der Waals surface area contributed by atoms with Crippen molar-refractivity contribution in [3.05, 3.63) is 217 Å². The first-order chi connectivity index (χ1) is 28.2. The van der Waals surface area contributed by atoms with Crippen molar-refractivity contribution in [2.24, 2.45) is 9.98 Å². The topological polar surface area (TPSA) is 46.0 Å². The Bertz CT molecular complexity index is 2990. The van der Waals surface area contributed by atoms with Crippen molar-refractivity contribution in [3.8, 4) is 39.1 Å². The Morgan fingerprint density at radius 1 is 0.509 bits per heavy atom. The lowest BCUT2D eigenvalue weighted by atomic mass is 9.84. The highest BCUT2D eigenvalue weighted by molar-refractivity contribution is 7.26. The zero-order valence-corrected chi connectivity index (χ0v) is 31.7. The molecule has 3 heterocycles. The number of allylic oxidation sites excluding steroid dienone is 2. The first-order valence-electron chi connectivity index (χ1n) is 19.3. The highest BCUT2D eigenvalue weighted by Gasteiger charge is 2.36. The summed E-state index contributed by atoms with van der Waals surface area (Å²) in [6.45, 7) is 0. The predicted molar refractivity (Wildman–Crippen MR) is 238 cm³/mol. The van der Waals surface area contributed by atoms with Crippen molar-refractivity contribution < 1.29 is 4.74 Å². The average molecular weight is 750 g/mol. The summed E-state index contributed by atoms with van der Waals surface area (Å²) in [5.41, 5.74) is 12.0. The minimum absolute atomic E-state index is 0.0714. The van der Waals surface area contributed by atoms with E-state index < -0.39 is 0 Å². The molecule has 2 atom stereocenters. The number of hydrogen-bond acceptors (Lipinski definition) is 5. The van der Waals surface area contributed by atoms with E-state index in [2.05, 4.69) is 169 Å². The maximum Gasteiger partial charge on any atom is 0.162 e. The van der Waals surface area contributed by atoms with Gasteiger partial charge in [0.2, 0.25) is 0 Å². The molecule has 57 heavy (non-hydrogen) atoms. The molecule has 1 aliphatic carbocycles. The lowest BCUT2D eigenvalue weighted by Crippen LogP contribution is -2.20. The summed E-state index contributed by atoms with van der Waals surface area (Å²) in [6, 6.07) is 57.9. The molecule has 1 aromatic heterocycles. The average Bonchev–Trinajstić information content (AvgIpc) is 3.77. The number of rotatable bonds is 6. The zero-order valence-electron chi connectivity index (χ0n) is 30.8. The molecule has 0 amide bonds. The summed E-state index contributed by atoms with van der Waals surface area (Å²) in [5, 5.41) is 6.12. The Morgan fingerprint density at radius 3 is 1.95 bits per heavy atom. The molecule has 0 bridgehead atoms. The van der Waals surface area contributed by atoms with E-state index in [9.17, 15) is 0 Å². The Hall–Kier alpha value is -7.08. The maximum atomic E-state index is 6.78. The number of hydrogen-bond donors (Lipinski definition) is 1. The molecule has 7 aromatic carbocycles. The molecule has 8 aromatic rings. The monoisotopic (exact) mass is 749 g/mol. The van der Waals surface area contributed by atoms with Gasteiger partial charge in [0.05, 0.1) is 5.70 Å². The first-order valence-corrected chi connectivity index (χ1v) is 20.1. The largest absolute Gasteiger partial charge is 0.485 e. The maximum absolute atomic E-state index is 6.78. The molecular weight excluding hydrogens is 715 g/mol. The van der Waals surface area contributed by atoms with Crippen LogP contribution in [0.3, 0.4) is 0 Å². The van der Waals surface area contributed by atoms with Gasteiger partial charge in [-0.1, -0.05) is 152 Å². The Balaban J connectivity index is 1.07. The summed E-state index contributed by atoms with van der Waals surface area (Å²) in [4.78, 5) is 10.5. The van der Waals surface area contributed by atoms with Gasteiger partial charge in [0, 0.05) is 54.5 Å². The number of ether oxygens (including phenoxy) is 1. The van der Waals surface area contributed by atoms with Crippen LogP contribution in [0, 0.1) is 0 Å². The van der Waals surface area contributed by atoms with Gasteiger partial charge in [-0.3, -0.25) is 0 Å². The molecule has 0 saturated heterocycles. The van der Waals surface area contributed by atoms with Gasteiger partial charge in [0.15, 0.2) is 5.84 Å². The molecule has 2 aliphatic heterocycles. The second-order valence-corrected chi connectivity index (χ2v) is 15.6. The van der Waals surface area contributed by atoms with Crippen LogP contribution in [0.5, 0.6) is 5.75 Å². The van der Waals surface area contributed by atoms with Crippen LogP contribution in [0.1, 0.15) is 28.2 Å². The second-order valence-electron chi connectivity index (χ2n) is 14.6. The van der Waals surface area contributed by atoms with Gasteiger partial charge in [-0.15, -0.1) is 11.3 Å². The molecule has 0 spiro atoms. The van der Waals surface area contributed by atoms with Crippen LogP contribution in [0.4, 0.5) is 0 Å². The molecule has 3 aliphatic rings. The van der Waals surface area contributed by atoms with E-state index in [1.165, 1.54) is 48.0 Å². The highest BCUT2D eigenvalue weighted by Crippen LogP contribution is 2.50. The molecule has 0 saturated carbocycles. The third kappa shape index (κ3) is 6.00. The number of nitrogens with zero attached hydrogens (tertiary/aromatic N) is 2. The minimum atomic E-state index is -0.0714. The van der Waals surface area contributed by atoms with Crippen LogP contribution in [-0.2, 0) is 0 Å². The van der Waals surface area contributed by atoms with E-state index in [1.54, 1.807) is 0 Å². The fourth-order valence-electron chi connectivity index (χ4n) is 8.32. The van der Waals surface area contributed by atoms with E-state index in [-0.39, 0.29) is 12.0 Å². The Morgan fingerprint density at radius 2 is 1.18 bits per heavy atom. The number of fused-ring (bicyclic) bond motifs is 6. The van der Waals surface area contributed by atoms with Gasteiger partial charge >= 0.3 is 0 Å². The summed E-state index contributed by atoms with van der Waals surface area (Å²) in [5.74, 6) is 2.32. The van der Waals surface area contributed by atoms with E-state index in [0.29, 0.717) is 11.7 Å². The van der Waals surface area contributed by atoms with Gasteiger partial charge in [-0.25, -0.2) is 9.98 Å². The second kappa shape index (κ2) is 13.9. The summed E-state index contributed by atoms with van der Waals surface area (Å²) in [7, 11) is 0. The standard InChI is InChI=1S/C52H35N3OS/c1-4-13-33(14-5-1)35-23-25-36(26-24-35)44-32-53-51(55-52(54-44)37-17-8-3-9-18-37)39-30-42(49-41-19-10-11-21-45(41)56-46(49)31-39)40-20-12-22-48-50(40)43-29-38(27-28-47(43)57-48)34-15-6-2-7-16-34/h1-32,41,45H,(H,53,54,55). The third-order valence-corrected chi connectivity index (χ3v) is 12.2. The van der Waals surface area contributed by atoms with Crippen LogP contribution in [0.25, 0.3) is 59.3 Å². The van der Waals surface area contributed by atoms with E-state index in [4.69, 9.17) is 14.7 Å². The molecule has 5 heteroatoms. The molecule has 0 fully saturated rings. The van der Waals surface area contributed by atoms with Gasteiger partial charge in [0.1, 0.15) is 17.7 Å². The molecule has 4 nitrogen and oxygen atoms in total. The number of benzene rings is 7. The minimum Gasteiger partial charge on any atom is -0.485 e. The Labute approximate surface area is 335 Å². The molecule has 0 radical (unpaired) electrons. The number of thiophene rings is 1. The molecule has 270 valence electrons. The fraction of sp³-hybridized carbons (Fsp3) is 0.0385. The Kier molecular flexibility index (Phi) is 8.11. The summed E-state index contributed by atoms with van der Waals surface area (Å²) >= 11 is 1.85. The van der Waals surface area contributed by atoms with Gasteiger partial charge in [-0.2, -0.15) is 0 Å². The van der Waals surface area contributed by atoms with Crippen LogP contribution in [0.15, 0.2) is 204 Å². The van der Waals surface area contributed by atoms with Crippen molar-refractivity contribution in [1.29, 1.82) is 0 Å². The van der Waals surface area contributed by atoms with Crippen molar-refractivity contribution in [2.45, 2.75) is 12.0 Å². The van der Waals surface area contributed by atoms with E-state index in [0.717, 1.165) is 39.3 Å². The van der Waals surface area contributed by atoms with Gasteiger partial charge < -0.3 is 10.1 Å². The van der Waals surface area contributed by atoms with Crippen LogP contribution < -0.4 is 10.1 Å². The highest BCUT2D eigenvalue weighted by atomic mass is 32.1. The molecular formula is C52H35N3OS. The number of amidine groups is 2. The fourth-order valence-corrected chi connectivity index (χ4v) is 9.43. The smallest absolute Gasteiger partial charge is 0.162 e. The SMILES string of the molecule is C1=CC2Oc3cc(C4=NC(c5ccccc5)=NC(c5ccc(-c6ccccc6)cc5)=CN4)cc(-c4cccc5sc6ccc(-c7ccccc7)cc6c45)c3C2C=C1. The summed E-state index contributed by atoms with van der Waals surface area (Å²) in [6.07, 6.45) is 10.6. The number of aliphatic imine (C=N–C) groups is 2. The van der Waals surface area contributed by atoms with Crippen molar-refractivity contribution >= 4 is 48.9 Å². The van der Waals surface area contributed by atoms with Gasteiger partial charge in [0.25, 0.3) is 0 Å². The lowest BCUT2D eigenvalue weighted by molar-refractivity contribution is 0.269. The van der Waals surface area contributed by atoms with Crippen molar-refractivity contribution in [1.82, 2.24) is 5.32 Å². The summed E-state index contributed by atoms with van der Waals surface area (Å²) < 4.78 is 9.31. The van der Waals surface area contributed by atoms with Crippen LogP contribution >= 0.6 is 11.3 Å². The van der Waals surface area contributed by atoms with E-state index in [1.807, 2.05) is 41.8 Å². The molecule has 11 rings (SSSR count). The van der Waals surface area contributed by atoms with E-state index >= 15 is 0 Å². The molecule has 2 unspecified atom stereocenters. The quantitative estimate of drug-likeness (QED) is 0.184. The predicted octanol–water partition coefficient (Wildman–Crippen LogP) is 12.8. The van der Waals surface area contributed by atoms with Crippen LogP contribution in [0.2, 0.25) is 0 Å². The first kappa shape index (κ1) is 33.3. The van der Waals surface area contributed by atoms with Crippen molar-refractivity contribution in [3.63, 3.8) is 0 Å². The number of nitrogens with one attached hydrogen (secondary N) is 1. The lowest BCUT2D eigenvalue weighted by Gasteiger charge is -2.17. The normalized spacial score (nSPS) is 16.9. The van der Waals surface area contributed by atoms with Gasteiger partial charge in [-0.05, 0) is 69.8 Å². The third-order valence-electron chi connectivity index (χ3n) is 11.1. The zero-order chi connectivity index (χ0) is 37.7. The molecule has 1 N–H and O–H groups in total. The van der Waals surface area contributed by atoms with Crippen LogP contribution in [-0.4, -0.2) is 17.8 Å². The van der Waals surface area contributed by atoms with Crippen molar-refractivity contribution in [2.75, 3.05) is 0 Å².